The van der Waals surface area contributed by atoms with E-state index >= 15 is 0 Å². The number of carbonyl (C=O) groups is 3. The van der Waals surface area contributed by atoms with E-state index in [4.69, 9.17) is 10.5 Å². The Morgan fingerprint density at radius 3 is 2.29 bits per heavy atom. The first kappa shape index (κ1) is 38.9. The Balaban J connectivity index is 1.91. The number of amides is 3. The molecule has 1 fully saturated rings. The molecule has 6 N–H and O–H groups in total. The largest absolute Gasteiger partial charge is 0.380 e. The van der Waals surface area contributed by atoms with Crippen LogP contribution in [-0.2, 0) is 25.5 Å². The predicted octanol–water partition coefficient (Wildman–Crippen LogP) is 2.73. The summed E-state index contributed by atoms with van der Waals surface area (Å²) in [6, 6.07) is 14.9. The van der Waals surface area contributed by atoms with Crippen molar-refractivity contribution in [3.8, 4) is 0 Å². The molecule has 1 aliphatic rings. The molecule has 4 atom stereocenters. The van der Waals surface area contributed by atoms with Gasteiger partial charge in [0.25, 0.3) is 0 Å². The number of para-hydroxylation sites is 1. The van der Waals surface area contributed by atoms with Gasteiger partial charge >= 0.3 is 0 Å². The molecule has 2 aromatic carbocycles. The highest BCUT2D eigenvalue weighted by molar-refractivity contribution is 5.94. The molecule has 3 rings (SSSR count). The monoisotopic (exact) mass is 666 g/mol. The van der Waals surface area contributed by atoms with Crippen molar-refractivity contribution in [1.82, 2.24) is 20.9 Å². The summed E-state index contributed by atoms with van der Waals surface area (Å²) in [5.41, 5.74) is 8.44. The zero-order valence-electron chi connectivity index (χ0n) is 29.5. The SMILES string of the molecule is Cc1ccccc1N(C(O)CN)[C@H](Cc1ccccc1)C(=O)N[C@H](CC(C)C)C(=O)N[C@H](CCCNC(C)C)C(=O)N1CCCOCC1. The summed E-state index contributed by atoms with van der Waals surface area (Å²) in [5.74, 6) is -0.878. The molecule has 1 heterocycles. The van der Waals surface area contributed by atoms with Gasteiger partial charge in [0, 0.05) is 44.4 Å². The Kier molecular flexibility index (Phi) is 16.3. The molecule has 266 valence electrons. The molecule has 3 amide bonds. The number of hydrogen-bond acceptors (Lipinski definition) is 8. The van der Waals surface area contributed by atoms with Gasteiger partial charge in [-0.3, -0.25) is 14.4 Å². The second-order valence-electron chi connectivity index (χ2n) is 13.4. The van der Waals surface area contributed by atoms with Gasteiger partial charge < -0.3 is 41.3 Å². The highest BCUT2D eigenvalue weighted by Gasteiger charge is 2.35. The van der Waals surface area contributed by atoms with Gasteiger partial charge in [0.2, 0.25) is 17.7 Å². The van der Waals surface area contributed by atoms with Crippen molar-refractivity contribution in [2.75, 3.05) is 44.3 Å². The smallest absolute Gasteiger partial charge is 0.245 e. The first-order valence-corrected chi connectivity index (χ1v) is 17.5. The van der Waals surface area contributed by atoms with E-state index in [2.05, 4.69) is 29.8 Å². The Bertz CT molecular complexity index is 1270. The Morgan fingerprint density at radius 1 is 0.938 bits per heavy atom. The predicted molar refractivity (Wildman–Crippen MR) is 190 cm³/mol. The third-order valence-electron chi connectivity index (χ3n) is 8.55. The summed E-state index contributed by atoms with van der Waals surface area (Å²) in [5, 5.41) is 20.7. The van der Waals surface area contributed by atoms with Crippen LogP contribution in [0.1, 0.15) is 64.5 Å². The van der Waals surface area contributed by atoms with Crippen LogP contribution in [0.3, 0.4) is 0 Å². The summed E-state index contributed by atoms with van der Waals surface area (Å²) in [7, 11) is 0. The number of hydrogen-bond donors (Lipinski definition) is 5. The van der Waals surface area contributed by atoms with Crippen LogP contribution in [0.25, 0.3) is 0 Å². The van der Waals surface area contributed by atoms with E-state index in [1.807, 2.05) is 75.4 Å². The minimum absolute atomic E-state index is 0.0721. The summed E-state index contributed by atoms with van der Waals surface area (Å²) in [6.07, 6.45) is 1.39. The zero-order chi connectivity index (χ0) is 35.1. The van der Waals surface area contributed by atoms with Crippen molar-refractivity contribution in [3.63, 3.8) is 0 Å². The average Bonchev–Trinajstić information content (AvgIpc) is 3.35. The maximum Gasteiger partial charge on any atom is 0.245 e. The number of anilines is 1. The molecule has 48 heavy (non-hydrogen) atoms. The van der Waals surface area contributed by atoms with E-state index in [0.29, 0.717) is 63.8 Å². The van der Waals surface area contributed by atoms with Crippen molar-refractivity contribution in [3.05, 3.63) is 65.7 Å². The molecule has 2 aromatic rings. The number of carbonyl (C=O) groups excluding carboxylic acids is 3. The lowest BCUT2D eigenvalue weighted by molar-refractivity contribution is -0.137. The molecule has 1 unspecified atom stereocenters. The van der Waals surface area contributed by atoms with Crippen LogP contribution in [0.4, 0.5) is 5.69 Å². The van der Waals surface area contributed by atoms with Gasteiger partial charge in [-0.2, -0.15) is 0 Å². The van der Waals surface area contributed by atoms with Crippen molar-refractivity contribution in [2.45, 2.75) is 97.1 Å². The molecule has 0 bridgehead atoms. The van der Waals surface area contributed by atoms with E-state index in [1.54, 1.807) is 9.80 Å². The molecule has 1 saturated heterocycles. The first-order valence-electron chi connectivity index (χ1n) is 17.5. The third-order valence-corrected chi connectivity index (χ3v) is 8.55. The maximum atomic E-state index is 14.4. The molecule has 0 radical (unpaired) electrons. The maximum absolute atomic E-state index is 14.4. The van der Waals surface area contributed by atoms with Gasteiger partial charge in [-0.1, -0.05) is 76.2 Å². The van der Waals surface area contributed by atoms with Crippen LogP contribution in [0.15, 0.2) is 54.6 Å². The highest BCUT2D eigenvalue weighted by Crippen LogP contribution is 2.26. The Labute approximate surface area is 287 Å². The second-order valence-corrected chi connectivity index (χ2v) is 13.4. The molecule has 0 spiro atoms. The molecular weight excluding hydrogens is 608 g/mol. The molecular formula is C37H58N6O5. The van der Waals surface area contributed by atoms with Crippen molar-refractivity contribution < 1.29 is 24.2 Å². The van der Waals surface area contributed by atoms with Crippen LogP contribution in [-0.4, -0.2) is 97.5 Å². The van der Waals surface area contributed by atoms with Crippen LogP contribution < -0.4 is 26.6 Å². The molecule has 11 nitrogen and oxygen atoms in total. The fourth-order valence-electron chi connectivity index (χ4n) is 6.04. The lowest BCUT2D eigenvalue weighted by atomic mass is 9.98. The standard InChI is InChI=1S/C37H58N6O5/c1-26(2)23-31(35(45)40-30(16-11-18-39-27(3)4)37(47)42-19-12-21-48-22-20-42)41-36(46)33(24-29-14-7-6-8-15-29)43(34(44)25-38)32-17-10-9-13-28(32)5/h6-10,13-15,17,26-27,30-31,33-34,39,44H,11-12,16,18-25,38H2,1-5H3,(H,40,45)(H,41,46)/t30-,31-,33-,34?/m1/s1. The molecule has 11 heteroatoms. The Hall–Kier alpha value is -3.51. The van der Waals surface area contributed by atoms with E-state index in [1.165, 1.54) is 0 Å². The summed E-state index contributed by atoms with van der Waals surface area (Å²) < 4.78 is 5.57. The summed E-state index contributed by atoms with van der Waals surface area (Å²) in [4.78, 5) is 45.7. The number of nitrogens with one attached hydrogen (secondary N) is 3. The second kappa shape index (κ2) is 20.1. The number of benzene rings is 2. The third kappa shape index (κ3) is 12.2. The lowest BCUT2D eigenvalue weighted by Crippen LogP contribution is -2.60. The molecule has 0 aromatic heterocycles. The number of aliphatic hydroxyl groups excluding tert-OH is 1. The van der Waals surface area contributed by atoms with Gasteiger partial charge in [0.05, 0.1) is 6.61 Å². The number of rotatable bonds is 18. The first-order chi connectivity index (χ1) is 23.0. The Morgan fingerprint density at radius 2 is 1.62 bits per heavy atom. The van der Waals surface area contributed by atoms with Gasteiger partial charge in [0.15, 0.2) is 0 Å². The normalized spacial score (nSPS) is 16.1. The number of aryl methyl sites for hydroxylation is 1. The van der Waals surface area contributed by atoms with Crippen LogP contribution >= 0.6 is 0 Å². The van der Waals surface area contributed by atoms with E-state index in [9.17, 15) is 19.5 Å². The molecule has 1 aliphatic heterocycles. The van der Waals surface area contributed by atoms with Crippen molar-refractivity contribution in [1.29, 1.82) is 0 Å². The number of ether oxygens (including phenoxy) is 1. The number of nitrogens with two attached hydrogens (primary N) is 1. The van der Waals surface area contributed by atoms with E-state index < -0.39 is 36.2 Å². The van der Waals surface area contributed by atoms with Gasteiger partial charge in [0.1, 0.15) is 24.4 Å². The molecule has 0 aliphatic carbocycles. The van der Waals surface area contributed by atoms with Crippen molar-refractivity contribution in [2.24, 2.45) is 11.7 Å². The average molecular weight is 667 g/mol. The lowest BCUT2D eigenvalue weighted by Gasteiger charge is -2.38. The number of aliphatic hydroxyl groups is 1. The van der Waals surface area contributed by atoms with Crippen LogP contribution in [0.2, 0.25) is 0 Å². The fraction of sp³-hybridized carbons (Fsp3) is 0.595. The van der Waals surface area contributed by atoms with E-state index in [0.717, 1.165) is 17.5 Å². The minimum atomic E-state index is -1.15. The number of nitrogens with zero attached hydrogens (tertiary/aromatic N) is 2. The van der Waals surface area contributed by atoms with Crippen molar-refractivity contribution >= 4 is 23.4 Å². The summed E-state index contributed by atoms with van der Waals surface area (Å²) in [6.45, 7) is 12.8. The summed E-state index contributed by atoms with van der Waals surface area (Å²) >= 11 is 0. The van der Waals surface area contributed by atoms with Gasteiger partial charge in [-0.25, -0.2) is 0 Å². The highest BCUT2D eigenvalue weighted by atomic mass is 16.5. The molecule has 0 saturated carbocycles. The van der Waals surface area contributed by atoms with E-state index in [-0.39, 0.29) is 24.8 Å². The van der Waals surface area contributed by atoms with Gasteiger partial charge in [-0.15, -0.1) is 0 Å². The zero-order valence-corrected chi connectivity index (χ0v) is 29.5. The van der Waals surface area contributed by atoms with Gasteiger partial charge in [-0.05, 0) is 62.3 Å². The minimum Gasteiger partial charge on any atom is -0.380 e. The van der Waals surface area contributed by atoms with Crippen LogP contribution in [0.5, 0.6) is 0 Å². The quantitative estimate of drug-likeness (QED) is 0.121. The fourth-order valence-corrected chi connectivity index (χ4v) is 6.04. The topological polar surface area (TPSA) is 149 Å². The van der Waals surface area contributed by atoms with Crippen LogP contribution in [0, 0.1) is 12.8 Å².